The standard InChI is InChI=1S/C15H16N4/c1-4-12-6-5-7-13(8-12)17-15-14(9-16)10(2)11(3)18-19-15/h5-8H,4H2,1-3H3,(H,17,19). The van der Waals surface area contributed by atoms with Crippen molar-refractivity contribution in [3.05, 3.63) is 46.6 Å². The van der Waals surface area contributed by atoms with Crippen molar-refractivity contribution < 1.29 is 0 Å². The number of hydrogen-bond donors (Lipinski definition) is 1. The van der Waals surface area contributed by atoms with Gasteiger partial charge in [0.05, 0.1) is 5.69 Å². The normalized spacial score (nSPS) is 10.0. The van der Waals surface area contributed by atoms with Crippen molar-refractivity contribution >= 4 is 11.5 Å². The second-order valence-electron chi connectivity index (χ2n) is 4.42. The van der Waals surface area contributed by atoms with Gasteiger partial charge in [-0.15, -0.1) is 5.10 Å². The minimum absolute atomic E-state index is 0.513. The van der Waals surface area contributed by atoms with Crippen LogP contribution in [0, 0.1) is 25.2 Å². The highest BCUT2D eigenvalue weighted by Gasteiger charge is 2.10. The third-order valence-corrected chi connectivity index (χ3v) is 3.16. The molecule has 0 radical (unpaired) electrons. The Morgan fingerprint density at radius 2 is 2.05 bits per heavy atom. The van der Waals surface area contributed by atoms with Gasteiger partial charge in [-0.3, -0.25) is 0 Å². The van der Waals surface area contributed by atoms with Crippen LogP contribution in [0.2, 0.25) is 0 Å². The van der Waals surface area contributed by atoms with E-state index in [1.807, 2.05) is 26.0 Å². The summed E-state index contributed by atoms with van der Waals surface area (Å²) in [5.74, 6) is 0.513. The zero-order valence-electron chi connectivity index (χ0n) is 11.4. The van der Waals surface area contributed by atoms with E-state index in [1.165, 1.54) is 5.56 Å². The Balaban J connectivity index is 2.38. The van der Waals surface area contributed by atoms with Crippen LogP contribution < -0.4 is 5.32 Å². The van der Waals surface area contributed by atoms with Crippen molar-refractivity contribution in [2.24, 2.45) is 0 Å². The van der Waals surface area contributed by atoms with Crippen molar-refractivity contribution in [1.29, 1.82) is 5.26 Å². The summed E-state index contributed by atoms with van der Waals surface area (Å²) < 4.78 is 0. The summed E-state index contributed by atoms with van der Waals surface area (Å²) >= 11 is 0. The highest BCUT2D eigenvalue weighted by molar-refractivity contribution is 5.64. The topological polar surface area (TPSA) is 61.6 Å². The van der Waals surface area contributed by atoms with E-state index in [-0.39, 0.29) is 0 Å². The summed E-state index contributed by atoms with van der Waals surface area (Å²) in [6.45, 7) is 5.84. The molecule has 0 aliphatic rings. The van der Waals surface area contributed by atoms with Crippen LogP contribution in [0.4, 0.5) is 11.5 Å². The molecule has 0 amide bonds. The highest BCUT2D eigenvalue weighted by Crippen LogP contribution is 2.22. The maximum Gasteiger partial charge on any atom is 0.171 e. The third-order valence-electron chi connectivity index (χ3n) is 3.16. The fourth-order valence-electron chi connectivity index (χ4n) is 1.84. The molecule has 0 bridgehead atoms. The summed E-state index contributed by atoms with van der Waals surface area (Å²) in [6.07, 6.45) is 0.971. The summed E-state index contributed by atoms with van der Waals surface area (Å²) in [5.41, 5.74) is 4.36. The number of benzene rings is 1. The number of nitrogens with one attached hydrogen (secondary N) is 1. The van der Waals surface area contributed by atoms with Crippen molar-refractivity contribution in [3.63, 3.8) is 0 Å². The molecule has 0 fully saturated rings. The molecule has 4 heteroatoms. The quantitative estimate of drug-likeness (QED) is 0.910. The fourth-order valence-corrected chi connectivity index (χ4v) is 1.84. The molecule has 0 atom stereocenters. The third kappa shape index (κ3) is 2.71. The van der Waals surface area contributed by atoms with Crippen LogP contribution in [0.5, 0.6) is 0 Å². The minimum atomic E-state index is 0.513. The van der Waals surface area contributed by atoms with E-state index >= 15 is 0 Å². The Hall–Kier alpha value is -2.41. The zero-order chi connectivity index (χ0) is 13.8. The SMILES string of the molecule is CCc1cccc(Nc2nnc(C)c(C)c2C#N)c1. The largest absolute Gasteiger partial charge is 0.338 e. The summed E-state index contributed by atoms with van der Waals surface area (Å²) in [4.78, 5) is 0. The monoisotopic (exact) mass is 252 g/mol. The Morgan fingerprint density at radius 1 is 1.26 bits per heavy atom. The van der Waals surface area contributed by atoms with Crippen LogP contribution in [0.15, 0.2) is 24.3 Å². The molecule has 19 heavy (non-hydrogen) atoms. The molecular formula is C15H16N4. The number of anilines is 2. The summed E-state index contributed by atoms with van der Waals surface area (Å²) in [5, 5.41) is 20.6. The molecule has 0 aliphatic heterocycles. The maximum atomic E-state index is 9.24. The molecule has 0 saturated heterocycles. The summed E-state index contributed by atoms with van der Waals surface area (Å²) in [6, 6.07) is 10.3. The molecule has 0 unspecified atom stereocenters. The first-order valence-electron chi connectivity index (χ1n) is 6.25. The molecule has 1 aromatic carbocycles. The first-order valence-corrected chi connectivity index (χ1v) is 6.25. The predicted octanol–water partition coefficient (Wildman–Crippen LogP) is 3.27. The lowest BCUT2D eigenvalue weighted by atomic mass is 10.1. The van der Waals surface area contributed by atoms with Gasteiger partial charge in [0.25, 0.3) is 0 Å². The number of nitrogens with zero attached hydrogens (tertiary/aromatic N) is 3. The van der Waals surface area contributed by atoms with Gasteiger partial charge in [0.15, 0.2) is 5.82 Å². The molecule has 0 spiro atoms. The lowest BCUT2D eigenvalue weighted by Gasteiger charge is -2.10. The number of nitriles is 1. The van der Waals surface area contributed by atoms with Gasteiger partial charge in [0.2, 0.25) is 0 Å². The molecule has 96 valence electrons. The van der Waals surface area contributed by atoms with E-state index in [2.05, 4.69) is 40.6 Å². The average molecular weight is 252 g/mol. The Bertz CT molecular complexity index is 641. The van der Waals surface area contributed by atoms with Crippen molar-refractivity contribution in [2.45, 2.75) is 27.2 Å². The van der Waals surface area contributed by atoms with Crippen LogP contribution in [0.3, 0.4) is 0 Å². The van der Waals surface area contributed by atoms with Gasteiger partial charge in [0, 0.05) is 5.69 Å². The summed E-state index contributed by atoms with van der Waals surface area (Å²) in [7, 11) is 0. The van der Waals surface area contributed by atoms with E-state index in [4.69, 9.17) is 0 Å². The van der Waals surface area contributed by atoms with Gasteiger partial charge in [-0.05, 0) is 43.5 Å². The number of hydrogen-bond acceptors (Lipinski definition) is 4. The van der Waals surface area contributed by atoms with Crippen molar-refractivity contribution in [1.82, 2.24) is 10.2 Å². The van der Waals surface area contributed by atoms with Crippen molar-refractivity contribution in [2.75, 3.05) is 5.32 Å². The van der Waals surface area contributed by atoms with E-state index in [0.717, 1.165) is 23.4 Å². The average Bonchev–Trinajstić information content (AvgIpc) is 2.43. The molecular weight excluding hydrogens is 236 g/mol. The van der Waals surface area contributed by atoms with E-state index in [0.29, 0.717) is 11.4 Å². The molecule has 1 N–H and O–H groups in total. The molecule has 0 saturated carbocycles. The van der Waals surface area contributed by atoms with Gasteiger partial charge < -0.3 is 5.32 Å². The van der Waals surface area contributed by atoms with E-state index in [9.17, 15) is 5.26 Å². The number of aryl methyl sites for hydroxylation is 2. The Morgan fingerprint density at radius 3 is 2.74 bits per heavy atom. The number of rotatable bonds is 3. The van der Waals surface area contributed by atoms with E-state index in [1.54, 1.807) is 0 Å². The fraction of sp³-hybridized carbons (Fsp3) is 0.267. The van der Waals surface area contributed by atoms with Crippen LogP contribution in [0.25, 0.3) is 0 Å². The van der Waals surface area contributed by atoms with Crippen LogP contribution in [0.1, 0.15) is 29.3 Å². The van der Waals surface area contributed by atoms with Gasteiger partial charge in [-0.1, -0.05) is 19.1 Å². The van der Waals surface area contributed by atoms with Crippen LogP contribution >= 0.6 is 0 Å². The zero-order valence-corrected chi connectivity index (χ0v) is 11.4. The second kappa shape index (κ2) is 5.49. The molecule has 4 nitrogen and oxygen atoms in total. The first-order chi connectivity index (χ1) is 9.15. The second-order valence-corrected chi connectivity index (χ2v) is 4.42. The molecule has 1 heterocycles. The Kier molecular flexibility index (Phi) is 3.76. The Labute approximate surface area is 113 Å². The molecule has 2 rings (SSSR count). The lowest BCUT2D eigenvalue weighted by Crippen LogP contribution is -2.03. The highest BCUT2D eigenvalue weighted by atomic mass is 15.2. The first kappa shape index (κ1) is 13.0. The van der Waals surface area contributed by atoms with Crippen LogP contribution in [-0.4, -0.2) is 10.2 Å². The molecule has 2 aromatic rings. The molecule has 1 aromatic heterocycles. The maximum absolute atomic E-state index is 9.24. The van der Waals surface area contributed by atoms with Gasteiger partial charge in [-0.25, -0.2) is 0 Å². The lowest BCUT2D eigenvalue weighted by molar-refractivity contribution is 0.960. The van der Waals surface area contributed by atoms with E-state index < -0.39 is 0 Å². The minimum Gasteiger partial charge on any atom is -0.338 e. The van der Waals surface area contributed by atoms with Gasteiger partial charge in [0.1, 0.15) is 11.6 Å². The van der Waals surface area contributed by atoms with Crippen LogP contribution in [-0.2, 0) is 6.42 Å². The van der Waals surface area contributed by atoms with Gasteiger partial charge in [-0.2, -0.15) is 10.4 Å². The smallest absolute Gasteiger partial charge is 0.171 e. The van der Waals surface area contributed by atoms with Crippen molar-refractivity contribution in [3.8, 4) is 6.07 Å². The van der Waals surface area contributed by atoms with Gasteiger partial charge >= 0.3 is 0 Å². The predicted molar refractivity (Wildman–Crippen MR) is 75.3 cm³/mol. The molecule has 0 aliphatic carbocycles. The number of aromatic nitrogens is 2.